The fraction of sp³-hybridized carbons (Fsp3) is 1.00. The second-order valence-electron chi connectivity index (χ2n) is 4.06. The molecule has 0 radical (unpaired) electrons. The molecule has 2 nitrogen and oxygen atoms in total. The van der Waals surface area contributed by atoms with Gasteiger partial charge in [-0.2, -0.15) is 22.0 Å². The Morgan fingerprint density at radius 1 is 0.944 bits per heavy atom. The molecule has 0 aliphatic heterocycles. The Kier molecular flexibility index (Phi) is 6.73. The summed E-state index contributed by atoms with van der Waals surface area (Å²) < 4.78 is 71.8. The van der Waals surface area contributed by atoms with Crippen LogP contribution in [0.3, 0.4) is 0 Å². The van der Waals surface area contributed by atoms with Crippen LogP contribution in [0.5, 0.6) is 0 Å². The van der Waals surface area contributed by atoms with Gasteiger partial charge in [-0.05, 0) is 20.8 Å². The van der Waals surface area contributed by atoms with Gasteiger partial charge in [0.25, 0.3) is 0 Å². The molecule has 0 aromatic heterocycles. The van der Waals surface area contributed by atoms with Crippen LogP contribution < -0.4 is 0 Å². The lowest BCUT2D eigenvalue weighted by molar-refractivity contribution is -0.282. The third-order valence-electron chi connectivity index (χ3n) is 2.44. The predicted molar refractivity (Wildman–Crippen MR) is 60.6 cm³/mol. The summed E-state index contributed by atoms with van der Waals surface area (Å²) in [5, 5.41) is 0. The summed E-state index contributed by atoms with van der Waals surface area (Å²) in [6.45, 7) is 5.70. The standard InChI is InChI=1S/C10H19F5O2Si/c1-4-16-8(3,17-5-2)18-7-6-9(11,12)10(13,14)15/h4-7,18H2,1-3H3. The van der Waals surface area contributed by atoms with Gasteiger partial charge in [0, 0.05) is 19.6 Å². The maximum Gasteiger partial charge on any atom is 0.453 e. The molecule has 8 heteroatoms. The van der Waals surface area contributed by atoms with E-state index in [9.17, 15) is 22.0 Å². The van der Waals surface area contributed by atoms with Gasteiger partial charge in [-0.25, -0.2) is 0 Å². The largest absolute Gasteiger partial charge is 0.453 e. The smallest absolute Gasteiger partial charge is 0.355 e. The molecule has 0 rings (SSSR count). The molecule has 0 amide bonds. The number of alkyl halides is 5. The lowest BCUT2D eigenvalue weighted by atomic mass is 10.2. The molecule has 0 aromatic carbocycles. The van der Waals surface area contributed by atoms with Gasteiger partial charge in [0.2, 0.25) is 0 Å². The zero-order valence-corrected chi connectivity index (χ0v) is 12.2. The van der Waals surface area contributed by atoms with E-state index >= 15 is 0 Å². The molecule has 0 saturated carbocycles. The van der Waals surface area contributed by atoms with Gasteiger partial charge in [0.15, 0.2) is 0 Å². The van der Waals surface area contributed by atoms with Crippen LogP contribution in [-0.2, 0) is 9.47 Å². The van der Waals surface area contributed by atoms with Crippen molar-refractivity contribution < 1.29 is 31.4 Å². The van der Waals surface area contributed by atoms with Gasteiger partial charge >= 0.3 is 12.1 Å². The van der Waals surface area contributed by atoms with E-state index in [4.69, 9.17) is 9.47 Å². The van der Waals surface area contributed by atoms with E-state index in [1.165, 1.54) is 0 Å². The summed E-state index contributed by atoms with van der Waals surface area (Å²) in [5.41, 5.74) is -0.967. The molecule has 0 unspecified atom stereocenters. The summed E-state index contributed by atoms with van der Waals surface area (Å²) in [7, 11) is -1.36. The van der Waals surface area contributed by atoms with Crippen LogP contribution in [0.25, 0.3) is 0 Å². The maximum absolute atomic E-state index is 12.7. The van der Waals surface area contributed by atoms with E-state index in [1.807, 2.05) is 0 Å². The Morgan fingerprint density at radius 2 is 1.39 bits per heavy atom. The van der Waals surface area contributed by atoms with Crippen LogP contribution in [0, 0.1) is 0 Å². The SMILES string of the molecule is CCOC(C)(OCC)[SiH2]CCC(F)(F)C(F)(F)F. The highest BCUT2D eigenvalue weighted by Crippen LogP contribution is 2.39. The Labute approximate surface area is 106 Å². The maximum atomic E-state index is 12.7. The molecule has 0 atom stereocenters. The zero-order chi connectivity index (χ0) is 14.4. The topological polar surface area (TPSA) is 18.5 Å². The Morgan fingerprint density at radius 3 is 1.72 bits per heavy atom. The number of hydrogen-bond acceptors (Lipinski definition) is 2. The molecule has 0 spiro atoms. The van der Waals surface area contributed by atoms with Crippen LogP contribution in [0.4, 0.5) is 22.0 Å². The van der Waals surface area contributed by atoms with Crippen molar-refractivity contribution in [3.63, 3.8) is 0 Å². The van der Waals surface area contributed by atoms with Gasteiger partial charge in [-0.1, -0.05) is 6.04 Å². The highest BCUT2D eigenvalue weighted by Gasteiger charge is 2.56. The van der Waals surface area contributed by atoms with Gasteiger partial charge in [0.1, 0.15) is 5.41 Å². The summed E-state index contributed by atoms with van der Waals surface area (Å²) in [4.78, 5) is 0. The van der Waals surface area contributed by atoms with Gasteiger partial charge < -0.3 is 9.47 Å². The zero-order valence-electron chi connectivity index (χ0n) is 10.7. The monoisotopic (exact) mass is 294 g/mol. The minimum atomic E-state index is -5.48. The van der Waals surface area contributed by atoms with E-state index < -0.39 is 33.4 Å². The molecule has 0 fully saturated rings. The Balaban J connectivity index is 4.30. The molecule has 0 N–H and O–H groups in total. The van der Waals surface area contributed by atoms with Gasteiger partial charge in [-0.3, -0.25) is 0 Å². The van der Waals surface area contributed by atoms with Gasteiger partial charge in [-0.15, -0.1) is 0 Å². The Hall–Kier alpha value is -0.213. The third kappa shape index (κ3) is 5.62. The quantitative estimate of drug-likeness (QED) is 0.389. The molecule has 0 saturated heterocycles. The number of halogens is 5. The van der Waals surface area contributed by atoms with Crippen molar-refractivity contribution in [1.29, 1.82) is 0 Å². The van der Waals surface area contributed by atoms with Crippen molar-refractivity contribution in [3.05, 3.63) is 0 Å². The van der Waals surface area contributed by atoms with E-state index in [0.717, 1.165) is 0 Å². The first-order valence-electron chi connectivity index (χ1n) is 5.80. The van der Waals surface area contributed by atoms with Crippen molar-refractivity contribution in [2.45, 2.75) is 50.7 Å². The molecule has 18 heavy (non-hydrogen) atoms. The summed E-state index contributed by atoms with van der Waals surface area (Å²) >= 11 is 0. The predicted octanol–water partition coefficient (Wildman–Crippen LogP) is 2.91. The normalized spacial score (nSPS) is 14.7. The minimum Gasteiger partial charge on any atom is -0.355 e. The fourth-order valence-corrected chi connectivity index (χ4v) is 3.53. The first kappa shape index (κ1) is 17.8. The summed E-state index contributed by atoms with van der Waals surface area (Å²) in [6, 6.07) is -0.191. The third-order valence-corrected chi connectivity index (χ3v) is 4.46. The fourth-order valence-electron chi connectivity index (χ4n) is 1.57. The second-order valence-corrected chi connectivity index (χ2v) is 6.55. The molecule has 0 bridgehead atoms. The van der Waals surface area contributed by atoms with Crippen LogP contribution in [0.2, 0.25) is 6.04 Å². The van der Waals surface area contributed by atoms with Crippen LogP contribution in [-0.4, -0.2) is 40.2 Å². The average Bonchev–Trinajstić information content (AvgIpc) is 2.15. The van der Waals surface area contributed by atoms with Crippen molar-refractivity contribution in [2.24, 2.45) is 0 Å². The van der Waals surface area contributed by atoms with E-state index in [1.54, 1.807) is 20.8 Å². The van der Waals surface area contributed by atoms with E-state index in [-0.39, 0.29) is 6.04 Å². The Bertz CT molecular complexity index is 239. The molecule has 0 aromatic rings. The highest BCUT2D eigenvalue weighted by molar-refractivity contribution is 6.38. The first-order chi connectivity index (χ1) is 8.08. The minimum absolute atomic E-state index is 0.191. The highest BCUT2D eigenvalue weighted by atomic mass is 28.2. The van der Waals surface area contributed by atoms with E-state index in [0.29, 0.717) is 13.2 Å². The molecule has 0 heterocycles. The lowest BCUT2D eigenvalue weighted by Crippen LogP contribution is -2.41. The molecular formula is C10H19F5O2Si. The first-order valence-corrected chi connectivity index (χ1v) is 7.51. The van der Waals surface area contributed by atoms with Crippen molar-refractivity contribution in [3.8, 4) is 0 Å². The number of hydrogen-bond donors (Lipinski definition) is 0. The van der Waals surface area contributed by atoms with Crippen molar-refractivity contribution in [2.75, 3.05) is 13.2 Å². The lowest BCUT2D eigenvalue weighted by Gasteiger charge is -2.30. The van der Waals surface area contributed by atoms with Crippen molar-refractivity contribution in [1.82, 2.24) is 0 Å². The number of rotatable bonds is 8. The summed E-state index contributed by atoms with van der Waals surface area (Å²) in [6.07, 6.45) is -6.67. The van der Waals surface area contributed by atoms with Crippen LogP contribution >= 0.6 is 0 Å². The van der Waals surface area contributed by atoms with Gasteiger partial charge in [0.05, 0.1) is 9.52 Å². The van der Waals surface area contributed by atoms with Crippen molar-refractivity contribution >= 4 is 9.52 Å². The summed E-state index contributed by atoms with van der Waals surface area (Å²) in [5.74, 6) is -4.63. The molecule has 110 valence electrons. The number of ether oxygens (including phenoxy) is 2. The van der Waals surface area contributed by atoms with Crippen LogP contribution in [0.15, 0.2) is 0 Å². The average molecular weight is 294 g/mol. The molecule has 0 aliphatic rings. The second kappa shape index (κ2) is 6.81. The molecule has 0 aliphatic carbocycles. The molecular weight excluding hydrogens is 275 g/mol. The van der Waals surface area contributed by atoms with Crippen LogP contribution in [0.1, 0.15) is 27.2 Å². The van der Waals surface area contributed by atoms with E-state index in [2.05, 4.69) is 0 Å².